The SMILES string of the molecule is CCC(CC)N(C)C(CN)c1ccc(F)c(F)c1. The summed E-state index contributed by atoms with van der Waals surface area (Å²) in [7, 11) is 1.98. The average molecular weight is 256 g/mol. The van der Waals surface area contributed by atoms with E-state index in [1.54, 1.807) is 6.07 Å². The Kier molecular flexibility index (Phi) is 5.69. The summed E-state index contributed by atoms with van der Waals surface area (Å²) in [5, 5.41) is 0. The predicted molar refractivity (Wildman–Crippen MR) is 70.3 cm³/mol. The van der Waals surface area contributed by atoms with Gasteiger partial charge >= 0.3 is 0 Å². The number of rotatable bonds is 6. The van der Waals surface area contributed by atoms with E-state index in [0.717, 1.165) is 24.5 Å². The summed E-state index contributed by atoms with van der Waals surface area (Å²) >= 11 is 0. The Balaban J connectivity index is 2.97. The zero-order valence-corrected chi connectivity index (χ0v) is 11.3. The van der Waals surface area contributed by atoms with Crippen LogP contribution in [0.5, 0.6) is 0 Å². The molecule has 0 bridgehead atoms. The first-order valence-electron chi connectivity index (χ1n) is 6.42. The summed E-state index contributed by atoms with van der Waals surface area (Å²) in [6.07, 6.45) is 2.01. The number of halogens is 2. The number of likely N-dealkylation sites (N-methyl/N-ethyl adjacent to an activating group) is 1. The van der Waals surface area contributed by atoms with E-state index < -0.39 is 11.6 Å². The second kappa shape index (κ2) is 6.81. The fourth-order valence-corrected chi connectivity index (χ4v) is 2.38. The lowest BCUT2D eigenvalue weighted by Gasteiger charge is -2.34. The maximum atomic E-state index is 13.3. The van der Waals surface area contributed by atoms with Gasteiger partial charge in [-0.3, -0.25) is 4.90 Å². The normalized spacial score (nSPS) is 13.3. The van der Waals surface area contributed by atoms with Crippen LogP contribution < -0.4 is 5.73 Å². The molecule has 0 radical (unpaired) electrons. The van der Waals surface area contributed by atoms with Crippen molar-refractivity contribution in [2.24, 2.45) is 5.73 Å². The van der Waals surface area contributed by atoms with Gasteiger partial charge in [-0.15, -0.1) is 0 Å². The van der Waals surface area contributed by atoms with Gasteiger partial charge in [-0.25, -0.2) is 8.78 Å². The third kappa shape index (κ3) is 3.27. The van der Waals surface area contributed by atoms with Crippen LogP contribution in [0.1, 0.15) is 38.3 Å². The molecule has 18 heavy (non-hydrogen) atoms. The standard InChI is InChI=1S/C14H22F2N2/c1-4-11(5-2)18(3)14(9-17)10-6-7-12(15)13(16)8-10/h6-8,11,14H,4-5,9,17H2,1-3H3. The van der Waals surface area contributed by atoms with Gasteiger partial charge in [-0.05, 0) is 37.6 Å². The highest BCUT2D eigenvalue weighted by Gasteiger charge is 2.21. The van der Waals surface area contributed by atoms with Crippen molar-refractivity contribution in [3.05, 3.63) is 35.4 Å². The van der Waals surface area contributed by atoms with Gasteiger partial charge in [-0.2, -0.15) is 0 Å². The smallest absolute Gasteiger partial charge is 0.159 e. The number of nitrogens with two attached hydrogens (primary N) is 1. The highest BCUT2D eigenvalue weighted by molar-refractivity contribution is 5.22. The molecule has 2 nitrogen and oxygen atoms in total. The summed E-state index contributed by atoms with van der Waals surface area (Å²) in [6.45, 7) is 4.62. The van der Waals surface area contributed by atoms with Crippen LogP contribution in [0.15, 0.2) is 18.2 Å². The van der Waals surface area contributed by atoms with Crippen molar-refractivity contribution in [3.8, 4) is 0 Å². The first-order chi connectivity index (χ1) is 8.54. The Bertz CT molecular complexity index is 378. The van der Waals surface area contributed by atoms with Gasteiger partial charge < -0.3 is 5.73 Å². The molecule has 1 unspecified atom stereocenters. The van der Waals surface area contributed by atoms with E-state index in [1.807, 2.05) is 7.05 Å². The number of benzene rings is 1. The van der Waals surface area contributed by atoms with Gasteiger partial charge in [-0.1, -0.05) is 19.9 Å². The van der Waals surface area contributed by atoms with E-state index in [4.69, 9.17) is 5.73 Å². The quantitative estimate of drug-likeness (QED) is 0.847. The lowest BCUT2D eigenvalue weighted by Crippen LogP contribution is -2.38. The molecular formula is C14H22F2N2. The van der Waals surface area contributed by atoms with E-state index in [0.29, 0.717) is 12.6 Å². The van der Waals surface area contributed by atoms with Crippen molar-refractivity contribution in [2.75, 3.05) is 13.6 Å². The molecule has 0 spiro atoms. The zero-order chi connectivity index (χ0) is 13.7. The molecule has 1 aromatic carbocycles. The fraction of sp³-hybridized carbons (Fsp3) is 0.571. The molecule has 0 saturated heterocycles. The lowest BCUT2D eigenvalue weighted by atomic mass is 10.0. The summed E-state index contributed by atoms with van der Waals surface area (Å²) in [5.74, 6) is -1.64. The lowest BCUT2D eigenvalue weighted by molar-refractivity contribution is 0.167. The van der Waals surface area contributed by atoms with Gasteiger partial charge in [0, 0.05) is 18.6 Å². The molecule has 0 amide bonds. The molecule has 0 saturated carbocycles. The Morgan fingerprint density at radius 3 is 2.22 bits per heavy atom. The van der Waals surface area contributed by atoms with Crippen LogP contribution in [0.4, 0.5) is 8.78 Å². The molecular weight excluding hydrogens is 234 g/mol. The summed E-state index contributed by atoms with van der Waals surface area (Å²) in [6, 6.07) is 4.32. The number of hydrogen-bond acceptors (Lipinski definition) is 2. The molecule has 1 rings (SSSR count). The van der Waals surface area contributed by atoms with Crippen LogP contribution >= 0.6 is 0 Å². The van der Waals surface area contributed by atoms with E-state index in [1.165, 1.54) is 6.07 Å². The number of nitrogens with zero attached hydrogens (tertiary/aromatic N) is 1. The van der Waals surface area contributed by atoms with Crippen molar-refractivity contribution < 1.29 is 8.78 Å². The van der Waals surface area contributed by atoms with Gasteiger partial charge in [0.1, 0.15) is 0 Å². The molecule has 0 fully saturated rings. The van der Waals surface area contributed by atoms with E-state index in [9.17, 15) is 8.78 Å². The van der Waals surface area contributed by atoms with E-state index in [-0.39, 0.29) is 6.04 Å². The van der Waals surface area contributed by atoms with Crippen molar-refractivity contribution in [3.63, 3.8) is 0 Å². The van der Waals surface area contributed by atoms with Crippen LogP contribution in [-0.4, -0.2) is 24.5 Å². The maximum Gasteiger partial charge on any atom is 0.159 e. The minimum atomic E-state index is -0.820. The Labute approximate surface area is 108 Å². The van der Waals surface area contributed by atoms with E-state index >= 15 is 0 Å². The minimum absolute atomic E-state index is 0.0787. The largest absolute Gasteiger partial charge is 0.329 e. The summed E-state index contributed by atoms with van der Waals surface area (Å²) in [4.78, 5) is 2.15. The first kappa shape index (κ1) is 15.1. The van der Waals surface area contributed by atoms with Crippen LogP contribution in [0.2, 0.25) is 0 Å². The van der Waals surface area contributed by atoms with Crippen molar-refractivity contribution in [1.29, 1.82) is 0 Å². The van der Waals surface area contributed by atoms with Gasteiger partial charge in [0.25, 0.3) is 0 Å². The molecule has 0 heterocycles. The monoisotopic (exact) mass is 256 g/mol. The topological polar surface area (TPSA) is 29.3 Å². The van der Waals surface area contributed by atoms with Crippen LogP contribution in [0.3, 0.4) is 0 Å². The van der Waals surface area contributed by atoms with Gasteiger partial charge in [0.05, 0.1) is 0 Å². The fourth-order valence-electron chi connectivity index (χ4n) is 2.38. The number of hydrogen-bond donors (Lipinski definition) is 1. The second-order valence-corrected chi connectivity index (χ2v) is 4.56. The van der Waals surface area contributed by atoms with Crippen LogP contribution in [0.25, 0.3) is 0 Å². The van der Waals surface area contributed by atoms with Crippen molar-refractivity contribution in [1.82, 2.24) is 4.90 Å². The van der Waals surface area contributed by atoms with Gasteiger partial charge in [0.15, 0.2) is 11.6 Å². The molecule has 2 N–H and O–H groups in total. The summed E-state index contributed by atoms with van der Waals surface area (Å²) < 4.78 is 26.2. The molecule has 1 atom stereocenters. The zero-order valence-electron chi connectivity index (χ0n) is 11.3. The molecule has 1 aromatic rings. The Morgan fingerprint density at radius 2 is 1.78 bits per heavy atom. The first-order valence-corrected chi connectivity index (χ1v) is 6.42. The molecule has 0 aliphatic carbocycles. The minimum Gasteiger partial charge on any atom is -0.329 e. The Hall–Kier alpha value is -1.00. The third-order valence-electron chi connectivity index (χ3n) is 3.56. The highest BCUT2D eigenvalue weighted by Crippen LogP contribution is 2.24. The molecule has 0 aromatic heterocycles. The molecule has 4 heteroatoms. The van der Waals surface area contributed by atoms with Crippen molar-refractivity contribution >= 4 is 0 Å². The molecule has 0 aliphatic heterocycles. The Morgan fingerprint density at radius 1 is 1.17 bits per heavy atom. The summed E-state index contributed by atoms with van der Waals surface area (Å²) in [5.41, 5.74) is 6.51. The van der Waals surface area contributed by atoms with Crippen LogP contribution in [0, 0.1) is 11.6 Å². The molecule has 0 aliphatic rings. The van der Waals surface area contributed by atoms with E-state index in [2.05, 4.69) is 18.7 Å². The average Bonchev–Trinajstić information content (AvgIpc) is 2.36. The maximum absolute atomic E-state index is 13.3. The highest BCUT2D eigenvalue weighted by atomic mass is 19.2. The van der Waals surface area contributed by atoms with Crippen LogP contribution in [-0.2, 0) is 0 Å². The van der Waals surface area contributed by atoms with Gasteiger partial charge in [0.2, 0.25) is 0 Å². The second-order valence-electron chi connectivity index (χ2n) is 4.56. The predicted octanol–water partition coefficient (Wildman–Crippen LogP) is 3.09. The van der Waals surface area contributed by atoms with Crippen molar-refractivity contribution in [2.45, 2.75) is 38.8 Å². The third-order valence-corrected chi connectivity index (χ3v) is 3.56. The molecule has 102 valence electrons.